The summed E-state index contributed by atoms with van der Waals surface area (Å²) in [6.45, 7) is -0.225. The molecule has 0 bridgehead atoms. The van der Waals surface area contributed by atoms with E-state index in [0.717, 1.165) is 11.1 Å². The summed E-state index contributed by atoms with van der Waals surface area (Å²) in [5, 5.41) is 19.7. The van der Waals surface area contributed by atoms with Crippen molar-refractivity contribution in [3.63, 3.8) is 0 Å². The Kier molecular flexibility index (Phi) is 5.53. The normalized spacial score (nSPS) is 11.5. The summed E-state index contributed by atoms with van der Waals surface area (Å²) in [6, 6.07) is 21.9. The van der Waals surface area contributed by atoms with E-state index < -0.39 is 5.97 Å². The van der Waals surface area contributed by atoms with Crippen LogP contribution in [0.4, 0.5) is 0 Å². The van der Waals surface area contributed by atoms with Gasteiger partial charge >= 0.3 is 5.97 Å². The number of rotatable bonds is 7. The molecule has 0 unspecified atom stereocenters. The Morgan fingerprint density at radius 3 is 2.39 bits per heavy atom. The van der Waals surface area contributed by atoms with Crippen molar-refractivity contribution in [3.05, 3.63) is 90.7 Å². The Morgan fingerprint density at radius 1 is 0.909 bits per heavy atom. The maximum Gasteiger partial charge on any atom is 0.357 e. The number of benzene rings is 2. The van der Waals surface area contributed by atoms with Gasteiger partial charge in [-0.3, -0.25) is 0 Å². The number of tetrazole rings is 1. The predicted molar refractivity (Wildman–Crippen MR) is 116 cm³/mol. The zero-order valence-electron chi connectivity index (χ0n) is 17.1. The second kappa shape index (κ2) is 9.10. The zero-order chi connectivity index (χ0) is 22.5. The van der Waals surface area contributed by atoms with Gasteiger partial charge in [0.25, 0.3) is 5.89 Å². The first kappa shape index (κ1) is 20.1. The molecule has 0 aliphatic carbocycles. The van der Waals surface area contributed by atoms with E-state index in [2.05, 4.69) is 25.7 Å². The molecule has 0 amide bonds. The number of nitrogens with zero attached hydrogens (tertiary/aromatic N) is 6. The Bertz CT molecular complexity index is 1370. The molecule has 3 heterocycles. The average molecular weight is 440 g/mol. The van der Waals surface area contributed by atoms with E-state index in [1.807, 2.05) is 60.7 Å². The minimum Gasteiger partial charge on any atom is -0.465 e. The number of hydrogen-bond donors (Lipinski definition) is 0. The molecule has 162 valence electrons. The van der Waals surface area contributed by atoms with Crippen LogP contribution in [0.5, 0.6) is 0 Å². The van der Waals surface area contributed by atoms with Crippen LogP contribution in [0.15, 0.2) is 87.9 Å². The first-order chi connectivity index (χ1) is 16.3. The number of ether oxygens (including phenoxy) is 1. The maximum absolute atomic E-state index is 13.1. The molecule has 10 heteroatoms. The van der Waals surface area contributed by atoms with Gasteiger partial charge < -0.3 is 13.6 Å². The summed E-state index contributed by atoms with van der Waals surface area (Å²) < 4.78 is 17.7. The standard InChI is InChI=1S/C23H16N6O4/c30-23(32-15-20-24-26-22(33-20)17-10-5-2-6-11-17)19(14-18-12-7-13-31-18)29-21(25-27-28-29)16-8-3-1-4-9-16/h1-14H,15H2. The molecule has 0 spiro atoms. The van der Waals surface area contributed by atoms with Crippen molar-refractivity contribution in [2.24, 2.45) is 0 Å². The first-order valence-electron chi connectivity index (χ1n) is 9.92. The van der Waals surface area contributed by atoms with E-state index in [9.17, 15) is 4.79 Å². The highest BCUT2D eigenvalue weighted by Gasteiger charge is 2.22. The second-order valence-electron chi connectivity index (χ2n) is 6.77. The molecule has 2 aromatic carbocycles. The maximum atomic E-state index is 13.1. The summed E-state index contributed by atoms with van der Waals surface area (Å²) in [6.07, 6.45) is 2.99. The van der Waals surface area contributed by atoms with Gasteiger partial charge in [0.1, 0.15) is 5.76 Å². The van der Waals surface area contributed by atoms with Gasteiger partial charge in [0.2, 0.25) is 5.89 Å². The van der Waals surface area contributed by atoms with Gasteiger partial charge in [0.05, 0.1) is 6.26 Å². The van der Waals surface area contributed by atoms with Crippen LogP contribution >= 0.6 is 0 Å². The second-order valence-corrected chi connectivity index (χ2v) is 6.77. The fourth-order valence-electron chi connectivity index (χ4n) is 3.04. The molecule has 0 aliphatic heterocycles. The third kappa shape index (κ3) is 4.44. The van der Waals surface area contributed by atoms with Crippen LogP contribution in [-0.4, -0.2) is 36.4 Å². The molecule has 0 saturated heterocycles. The van der Waals surface area contributed by atoms with Crippen LogP contribution in [0.25, 0.3) is 34.6 Å². The Hall–Kier alpha value is -4.86. The van der Waals surface area contributed by atoms with E-state index in [0.29, 0.717) is 17.5 Å². The third-order valence-corrected chi connectivity index (χ3v) is 4.58. The Balaban J connectivity index is 1.40. The van der Waals surface area contributed by atoms with Crippen molar-refractivity contribution in [2.45, 2.75) is 6.61 Å². The number of furan rings is 1. The minimum absolute atomic E-state index is 0.0524. The van der Waals surface area contributed by atoms with Gasteiger partial charge in [-0.05, 0) is 34.7 Å². The number of esters is 1. The van der Waals surface area contributed by atoms with Crippen molar-refractivity contribution >= 4 is 17.7 Å². The summed E-state index contributed by atoms with van der Waals surface area (Å²) in [4.78, 5) is 13.1. The smallest absolute Gasteiger partial charge is 0.357 e. The number of carbonyl (C=O) groups excluding carboxylic acids is 1. The van der Waals surface area contributed by atoms with E-state index in [1.165, 1.54) is 17.0 Å². The monoisotopic (exact) mass is 440 g/mol. The number of aromatic nitrogens is 6. The molecule has 0 radical (unpaired) electrons. The number of carbonyl (C=O) groups is 1. The van der Waals surface area contributed by atoms with Gasteiger partial charge in [0, 0.05) is 17.2 Å². The lowest BCUT2D eigenvalue weighted by atomic mass is 10.2. The summed E-state index contributed by atoms with van der Waals surface area (Å²) in [5.41, 5.74) is 1.55. The van der Waals surface area contributed by atoms with Gasteiger partial charge in [0.15, 0.2) is 18.1 Å². The first-order valence-corrected chi connectivity index (χ1v) is 9.92. The van der Waals surface area contributed by atoms with Crippen molar-refractivity contribution in [3.8, 4) is 22.8 Å². The lowest BCUT2D eigenvalue weighted by Gasteiger charge is -2.08. The van der Waals surface area contributed by atoms with Crippen molar-refractivity contribution in [1.82, 2.24) is 30.4 Å². The van der Waals surface area contributed by atoms with E-state index in [-0.39, 0.29) is 18.2 Å². The summed E-state index contributed by atoms with van der Waals surface area (Å²) >= 11 is 0. The molecule has 0 aliphatic rings. The fraction of sp³-hybridized carbons (Fsp3) is 0.0435. The van der Waals surface area contributed by atoms with Gasteiger partial charge in [-0.2, -0.15) is 4.68 Å². The van der Waals surface area contributed by atoms with Crippen molar-refractivity contribution in [1.29, 1.82) is 0 Å². The molecule has 0 saturated carbocycles. The van der Waals surface area contributed by atoms with Crippen molar-refractivity contribution < 1.29 is 18.4 Å². The molecule has 0 N–H and O–H groups in total. The largest absolute Gasteiger partial charge is 0.465 e. The van der Waals surface area contributed by atoms with Gasteiger partial charge in [-0.15, -0.1) is 15.3 Å². The van der Waals surface area contributed by atoms with Crippen LogP contribution in [0.1, 0.15) is 11.7 Å². The lowest BCUT2D eigenvalue weighted by Crippen LogP contribution is -2.15. The molecule has 5 aromatic rings. The van der Waals surface area contributed by atoms with Crippen LogP contribution in [-0.2, 0) is 16.1 Å². The minimum atomic E-state index is -0.699. The molecule has 3 aromatic heterocycles. The number of hydrogen-bond acceptors (Lipinski definition) is 9. The van der Waals surface area contributed by atoms with E-state index in [1.54, 1.807) is 12.1 Å². The Morgan fingerprint density at radius 2 is 1.67 bits per heavy atom. The molecule has 33 heavy (non-hydrogen) atoms. The molecule has 0 atom stereocenters. The average Bonchev–Trinajstić information content (AvgIpc) is 3.64. The molecular weight excluding hydrogens is 424 g/mol. The van der Waals surface area contributed by atoms with Crippen LogP contribution in [0.2, 0.25) is 0 Å². The molecule has 0 fully saturated rings. The lowest BCUT2D eigenvalue weighted by molar-refractivity contribution is -0.138. The van der Waals surface area contributed by atoms with Crippen molar-refractivity contribution in [2.75, 3.05) is 0 Å². The van der Waals surface area contributed by atoms with E-state index >= 15 is 0 Å². The van der Waals surface area contributed by atoms with Gasteiger partial charge in [-0.25, -0.2) is 4.79 Å². The Labute approximate surface area is 187 Å². The molecule has 10 nitrogen and oxygen atoms in total. The van der Waals surface area contributed by atoms with Crippen LogP contribution in [0.3, 0.4) is 0 Å². The van der Waals surface area contributed by atoms with E-state index in [4.69, 9.17) is 13.6 Å². The van der Waals surface area contributed by atoms with Crippen LogP contribution < -0.4 is 0 Å². The predicted octanol–water partition coefficient (Wildman–Crippen LogP) is 3.72. The zero-order valence-corrected chi connectivity index (χ0v) is 17.1. The van der Waals surface area contributed by atoms with Crippen LogP contribution in [0, 0.1) is 0 Å². The summed E-state index contributed by atoms with van der Waals surface area (Å²) in [7, 11) is 0. The highest BCUT2D eigenvalue weighted by atomic mass is 16.5. The third-order valence-electron chi connectivity index (χ3n) is 4.58. The molecular formula is C23H16N6O4. The topological polar surface area (TPSA) is 122 Å². The SMILES string of the molecule is O=C(OCc1nnc(-c2ccccc2)o1)C(=Cc1ccco1)n1nnnc1-c1ccccc1. The highest BCUT2D eigenvalue weighted by Crippen LogP contribution is 2.22. The summed E-state index contributed by atoms with van der Waals surface area (Å²) in [5.74, 6) is 0.588. The highest BCUT2D eigenvalue weighted by molar-refractivity contribution is 6.15. The van der Waals surface area contributed by atoms with Gasteiger partial charge in [-0.1, -0.05) is 48.5 Å². The molecule has 5 rings (SSSR count). The quantitative estimate of drug-likeness (QED) is 0.275. The fourth-order valence-corrected chi connectivity index (χ4v) is 3.04.